The van der Waals surface area contributed by atoms with Crippen LogP contribution in [0, 0.1) is 0 Å². The highest BCUT2D eigenvalue weighted by atomic mass is 32.1. The van der Waals surface area contributed by atoms with E-state index in [1.165, 1.54) is 5.56 Å². The highest BCUT2D eigenvalue weighted by Crippen LogP contribution is 2.26. The summed E-state index contributed by atoms with van der Waals surface area (Å²) in [6.07, 6.45) is 0.197. The molecule has 2 aromatic carbocycles. The van der Waals surface area contributed by atoms with Gasteiger partial charge in [-0.15, -0.1) is 11.3 Å². The molecule has 0 aliphatic heterocycles. The van der Waals surface area contributed by atoms with Gasteiger partial charge in [0.25, 0.3) is 0 Å². The average molecular weight is 392 g/mol. The molecule has 4 aromatic rings. The molecule has 134 valence electrons. The summed E-state index contributed by atoms with van der Waals surface area (Å²) in [7, 11) is 0. The average Bonchev–Trinajstić information content (AvgIpc) is 3.39. The number of ether oxygens (including phenoxy) is 1. The highest BCUT2D eigenvalue weighted by molar-refractivity contribution is 7.14. The van der Waals surface area contributed by atoms with Crippen molar-refractivity contribution in [2.75, 3.05) is 0 Å². The summed E-state index contributed by atoms with van der Waals surface area (Å²) in [5.74, 6) is -0.260. The van der Waals surface area contributed by atoms with E-state index in [0.29, 0.717) is 0 Å². The lowest BCUT2D eigenvalue weighted by molar-refractivity contribution is -0.144. The molecule has 0 saturated heterocycles. The second-order valence-electron chi connectivity index (χ2n) is 6.06. The van der Waals surface area contributed by atoms with Gasteiger partial charge in [-0.05, 0) is 28.1 Å². The number of hydrogen-bond donors (Lipinski definition) is 0. The van der Waals surface area contributed by atoms with Gasteiger partial charge in [0.05, 0.1) is 12.1 Å². The third kappa shape index (κ3) is 4.51. The second-order valence-corrected chi connectivity index (χ2v) is 7.69. The number of carbonyl (C=O) groups excluding carboxylic acids is 1. The smallest absolute Gasteiger partial charge is 0.312 e. The molecule has 0 N–H and O–H groups in total. The standard InChI is InChI=1S/C22H17NO2S2/c24-21(12-20-15-27-22(23-20)19-10-11-26-14-19)25-13-16-6-8-18(9-7-16)17-4-2-1-3-5-17/h1-11,14-15H,12-13H2. The van der Waals surface area contributed by atoms with Gasteiger partial charge in [0.2, 0.25) is 0 Å². The maximum absolute atomic E-state index is 12.1. The van der Waals surface area contributed by atoms with Crippen molar-refractivity contribution in [2.24, 2.45) is 0 Å². The Hall–Kier alpha value is -2.76. The lowest BCUT2D eigenvalue weighted by Crippen LogP contribution is -2.08. The molecule has 0 spiro atoms. The number of carbonyl (C=O) groups is 1. The van der Waals surface area contributed by atoms with Gasteiger partial charge in [-0.3, -0.25) is 4.79 Å². The molecular formula is C22H17NO2S2. The van der Waals surface area contributed by atoms with Crippen molar-refractivity contribution < 1.29 is 9.53 Å². The van der Waals surface area contributed by atoms with Gasteiger partial charge >= 0.3 is 5.97 Å². The molecule has 2 aromatic heterocycles. The Bertz CT molecular complexity index is 1010. The van der Waals surface area contributed by atoms with E-state index in [9.17, 15) is 4.79 Å². The molecule has 0 radical (unpaired) electrons. The maximum Gasteiger partial charge on any atom is 0.312 e. The van der Waals surface area contributed by atoms with Crippen LogP contribution < -0.4 is 0 Å². The second kappa shape index (κ2) is 8.29. The number of rotatable bonds is 6. The van der Waals surface area contributed by atoms with Crippen LogP contribution in [0.1, 0.15) is 11.3 Å². The van der Waals surface area contributed by atoms with Crippen molar-refractivity contribution in [1.29, 1.82) is 0 Å². The Morgan fingerprint density at radius 3 is 2.41 bits per heavy atom. The Balaban J connectivity index is 1.31. The van der Waals surface area contributed by atoms with E-state index in [1.807, 2.05) is 59.3 Å². The quantitative estimate of drug-likeness (QED) is 0.389. The first-order valence-electron chi connectivity index (χ1n) is 8.55. The molecule has 0 aliphatic carbocycles. The van der Waals surface area contributed by atoms with Crippen LogP contribution >= 0.6 is 22.7 Å². The number of hydrogen-bond acceptors (Lipinski definition) is 5. The number of thiazole rings is 1. The van der Waals surface area contributed by atoms with Crippen LogP contribution in [0.15, 0.2) is 76.8 Å². The van der Waals surface area contributed by atoms with E-state index in [1.54, 1.807) is 22.7 Å². The van der Waals surface area contributed by atoms with Crippen molar-refractivity contribution >= 4 is 28.6 Å². The first-order chi connectivity index (χ1) is 13.3. The number of nitrogens with zero attached hydrogens (tertiary/aromatic N) is 1. The Labute approximate surface area is 165 Å². The lowest BCUT2D eigenvalue weighted by Gasteiger charge is -2.06. The lowest BCUT2D eigenvalue weighted by atomic mass is 10.0. The third-order valence-electron chi connectivity index (χ3n) is 4.11. The molecule has 0 aliphatic rings. The maximum atomic E-state index is 12.1. The molecule has 0 bridgehead atoms. The zero-order valence-corrected chi connectivity index (χ0v) is 16.1. The van der Waals surface area contributed by atoms with E-state index in [0.717, 1.165) is 27.4 Å². The topological polar surface area (TPSA) is 39.2 Å². The summed E-state index contributed by atoms with van der Waals surface area (Å²) in [6.45, 7) is 0.273. The zero-order chi connectivity index (χ0) is 18.5. The van der Waals surface area contributed by atoms with Crippen molar-refractivity contribution in [3.63, 3.8) is 0 Å². The summed E-state index contributed by atoms with van der Waals surface area (Å²) in [5.41, 5.74) is 5.15. The van der Waals surface area contributed by atoms with Crippen molar-refractivity contribution in [3.8, 4) is 21.7 Å². The van der Waals surface area contributed by atoms with Gasteiger partial charge in [-0.2, -0.15) is 11.3 Å². The van der Waals surface area contributed by atoms with Crippen LogP contribution in [0.4, 0.5) is 0 Å². The van der Waals surface area contributed by atoms with Gasteiger partial charge in [0.15, 0.2) is 0 Å². The first-order valence-corrected chi connectivity index (χ1v) is 10.4. The van der Waals surface area contributed by atoms with E-state index < -0.39 is 0 Å². The molecule has 0 atom stereocenters. The molecule has 0 fully saturated rings. The van der Waals surface area contributed by atoms with Crippen LogP contribution in [-0.2, 0) is 22.6 Å². The normalized spacial score (nSPS) is 10.7. The summed E-state index contributed by atoms with van der Waals surface area (Å²) >= 11 is 3.19. The summed E-state index contributed by atoms with van der Waals surface area (Å²) in [5, 5.41) is 6.94. The minimum Gasteiger partial charge on any atom is -0.461 e. The van der Waals surface area contributed by atoms with E-state index >= 15 is 0 Å². The van der Waals surface area contributed by atoms with Gasteiger partial charge in [0, 0.05) is 16.3 Å². The fourth-order valence-electron chi connectivity index (χ4n) is 2.69. The monoisotopic (exact) mass is 391 g/mol. The number of aromatic nitrogens is 1. The number of thiophene rings is 1. The van der Waals surface area contributed by atoms with Crippen LogP contribution in [0.3, 0.4) is 0 Å². The SMILES string of the molecule is O=C(Cc1csc(-c2ccsc2)n1)OCc1ccc(-c2ccccc2)cc1. The van der Waals surface area contributed by atoms with Crippen LogP contribution in [0.2, 0.25) is 0 Å². The molecule has 27 heavy (non-hydrogen) atoms. The fraction of sp³-hybridized carbons (Fsp3) is 0.0909. The molecule has 2 heterocycles. The number of benzene rings is 2. The van der Waals surface area contributed by atoms with Crippen LogP contribution in [0.5, 0.6) is 0 Å². The zero-order valence-electron chi connectivity index (χ0n) is 14.5. The summed E-state index contributed by atoms with van der Waals surface area (Å²) in [4.78, 5) is 16.6. The molecule has 3 nitrogen and oxygen atoms in total. The molecule has 4 rings (SSSR count). The summed E-state index contributed by atoms with van der Waals surface area (Å²) in [6, 6.07) is 20.3. The Morgan fingerprint density at radius 1 is 0.889 bits per heavy atom. The van der Waals surface area contributed by atoms with Crippen LogP contribution in [-0.4, -0.2) is 11.0 Å². The van der Waals surface area contributed by atoms with Gasteiger partial charge in [0.1, 0.15) is 11.6 Å². The van der Waals surface area contributed by atoms with Gasteiger partial charge < -0.3 is 4.74 Å². The van der Waals surface area contributed by atoms with Crippen LogP contribution in [0.25, 0.3) is 21.7 Å². The van der Waals surface area contributed by atoms with Crippen molar-refractivity contribution in [3.05, 3.63) is 88.1 Å². The van der Waals surface area contributed by atoms with Gasteiger partial charge in [-0.25, -0.2) is 4.98 Å². The third-order valence-corrected chi connectivity index (χ3v) is 5.73. The van der Waals surface area contributed by atoms with Gasteiger partial charge in [-0.1, -0.05) is 54.6 Å². The van der Waals surface area contributed by atoms with E-state index in [-0.39, 0.29) is 19.0 Å². The van der Waals surface area contributed by atoms with E-state index in [2.05, 4.69) is 22.5 Å². The predicted molar refractivity (Wildman–Crippen MR) is 111 cm³/mol. The largest absolute Gasteiger partial charge is 0.461 e. The predicted octanol–water partition coefficient (Wildman–Crippen LogP) is 5.82. The molecular weight excluding hydrogens is 374 g/mol. The Kier molecular flexibility index (Phi) is 5.42. The first kappa shape index (κ1) is 17.6. The minimum absolute atomic E-state index is 0.197. The van der Waals surface area contributed by atoms with E-state index in [4.69, 9.17) is 4.74 Å². The Morgan fingerprint density at radius 2 is 1.67 bits per heavy atom. The van der Waals surface area contributed by atoms with Crippen molar-refractivity contribution in [2.45, 2.75) is 13.0 Å². The minimum atomic E-state index is -0.260. The highest BCUT2D eigenvalue weighted by Gasteiger charge is 2.10. The molecule has 0 unspecified atom stereocenters. The molecule has 0 amide bonds. The number of esters is 1. The molecule has 5 heteroatoms. The fourth-order valence-corrected chi connectivity index (χ4v) is 4.23. The van der Waals surface area contributed by atoms with Crippen molar-refractivity contribution in [1.82, 2.24) is 4.98 Å². The molecule has 0 saturated carbocycles. The summed E-state index contributed by atoms with van der Waals surface area (Å²) < 4.78 is 5.41.